The Hall–Kier alpha value is -1.39. The molecular formula is C13H20N2O2. The van der Waals surface area contributed by atoms with E-state index in [4.69, 9.17) is 0 Å². The molecule has 0 radical (unpaired) electrons. The molecular weight excluding hydrogens is 216 g/mol. The standard InChI is InChI=1S/C13H20N2O2/c1-10(8-14-2)13(17)15-12(9-16)11-6-4-3-5-7-11/h3-7,10,12,14,16H,8-9H2,1-2H3,(H,15,17)/t10?,12-/m0/s1. The second-order valence-corrected chi connectivity index (χ2v) is 4.11. The number of amides is 1. The highest BCUT2D eigenvalue weighted by Gasteiger charge is 2.17. The lowest BCUT2D eigenvalue weighted by molar-refractivity contribution is -0.125. The fourth-order valence-corrected chi connectivity index (χ4v) is 1.63. The first-order valence-electron chi connectivity index (χ1n) is 5.79. The normalized spacial score (nSPS) is 14.1. The third-order valence-corrected chi connectivity index (χ3v) is 2.66. The molecule has 1 aromatic rings. The van der Waals surface area contributed by atoms with Crippen molar-refractivity contribution in [2.75, 3.05) is 20.2 Å². The summed E-state index contributed by atoms with van der Waals surface area (Å²) in [4.78, 5) is 11.8. The minimum atomic E-state index is -0.331. The molecule has 0 aliphatic heterocycles. The SMILES string of the molecule is CNCC(C)C(=O)N[C@@H](CO)c1ccccc1. The Kier molecular flexibility index (Phi) is 5.66. The maximum atomic E-state index is 11.8. The summed E-state index contributed by atoms with van der Waals surface area (Å²) in [5, 5.41) is 15.1. The Bertz CT molecular complexity index is 341. The van der Waals surface area contributed by atoms with Gasteiger partial charge in [0.2, 0.25) is 5.91 Å². The van der Waals surface area contributed by atoms with Gasteiger partial charge in [-0.05, 0) is 12.6 Å². The van der Waals surface area contributed by atoms with Crippen LogP contribution in [0.4, 0.5) is 0 Å². The molecule has 0 spiro atoms. The van der Waals surface area contributed by atoms with Gasteiger partial charge >= 0.3 is 0 Å². The van der Waals surface area contributed by atoms with Crippen molar-refractivity contribution >= 4 is 5.91 Å². The first-order valence-corrected chi connectivity index (χ1v) is 5.79. The molecule has 3 N–H and O–H groups in total. The zero-order valence-corrected chi connectivity index (χ0v) is 10.3. The Labute approximate surface area is 102 Å². The van der Waals surface area contributed by atoms with Gasteiger partial charge in [-0.2, -0.15) is 0 Å². The van der Waals surface area contributed by atoms with Crippen LogP contribution in [0.3, 0.4) is 0 Å². The molecule has 0 saturated heterocycles. The van der Waals surface area contributed by atoms with Crippen LogP contribution in [0.5, 0.6) is 0 Å². The highest BCUT2D eigenvalue weighted by atomic mass is 16.3. The Morgan fingerprint density at radius 3 is 2.53 bits per heavy atom. The molecule has 1 amide bonds. The Morgan fingerprint density at radius 2 is 2.00 bits per heavy atom. The largest absolute Gasteiger partial charge is 0.394 e. The van der Waals surface area contributed by atoms with Crippen molar-refractivity contribution in [3.63, 3.8) is 0 Å². The van der Waals surface area contributed by atoms with Crippen LogP contribution < -0.4 is 10.6 Å². The number of carbonyl (C=O) groups excluding carboxylic acids is 1. The maximum Gasteiger partial charge on any atom is 0.224 e. The number of aliphatic hydroxyl groups is 1. The molecule has 0 bridgehead atoms. The summed E-state index contributed by atoms with van der Waals surface area (Å²) in [7, 11) is 1.81. The summed E-state index contributed by atoms with van der Waals surface area (Å²) in [6.07, 6.45) is 0. The lowest BCUT2D eigenvalue weighted by Gasteiger charge is -2.19. The molecule has 0 aliphatic rings. The Morgan fingerprint density at radius 1 is 1.35 bits per heavy atom. The maximum absolute atomic E-state index is 11.8. The van der Waals surface area contributed by atoms with E-state index in [-0.39, 0.29) is 24.5 Å². The van der Waals surface area contributed by atoms with E-state index in [1.807, 2.05) is 44.3 Å². The van der Waals surface area contributed by atoms with Gasteiger partial charge in [0.1, 0.15) is 0 Å². The molecule has 2 atom stereocenters. The monoisotopic (exact) mass is 236 g/mol. The van der Waals surface area contributed by atoms with Crippen molar-refractivity contribution in [1.29, 1.82) is 0 Å². The molecule has 0 saturated carbocycles. The number of rotatable bonds is 6. The summed E-state index contributed by atoms with van der Waals surface area (Å²) < 4.78 is 0. The summed E-state index contributed by atoms with van der Waals surface area (Å²) in [5.74, 6) is -0.167. The lowest BCUT2D eigenvalue weighted by atomic mass is 10.1. The minimum Gasteiger partial charge on any atom is -0.394 e. The van der Waals surface area contributed by atoms with Crippen molar-refractivity contribution in [1.82, 2.24) is 10.6 Å². The first kappa shape index (κ1) is 13.7. The van der Waals surface area contributed by atoms with E-state index in [9.17, 15) is 9.90 Å². The molecule has 94 valence electrons. The second kappa shape index (κ2) is 7.04. The number of aliphatic hydroxyl groups excluding tert-OH is 1. The van der Waals surface area contributed by atoms with Gasteiger partial charge in [0.25, 0.3) is 0 Å². The average molecular weight is 236 g/mol. The van der Waals surface area contributed by atoms with Crippen molar-refractivity contribution in [2.24, 2.45) is 5.92 Å². The van der Waals surface area contributed by atoms with E-state index in [1.165, 1.54) is 0 Å². The van der Waals surface area contributed by atoms with E-state index in [1.54, 1.807) is 0 Å². The predicted molar refractivity (Wildman–Crippen MR) is 67.5 cm³/mol. The van der Waals surface area contributed by atoms with Crippen LogP contribution in [0, 0.1) is 5.92 Å². The highest BCUT2D eigenvalue weighted by molar-refractivity contribution is 5.79. The second-order valence-electron chi connectivity index (χ2n) is 4.11. The highest BCUT2D eigenvalue weighted by Crippen LogP contribution is 2.12. The van der Waals surface area contributed by atoms with Crippen LogP contribution in [0.15, 0.2) is 30.3 Å². The lowest BCUT2D eigenvalue weighted by Crippen LogP contribution is -2.37. The van der Waals surface area contributed by atoms with E-state index >= 15 is 0 Å². The van der Waals surface area contributed by atoms with Crippen LogP contribution in [0.2, 0.25) is 0 Å². The van der Waals surface area contributed by atoms with Crippen LogP contribution in [-0.4, -0.2) is 31.2 Å². The molecule has 1 rings (SSSR count). The molecule has 4 heteroatoms. The van der Waals surface area contributed by atoms with Gasteiger partial charge in [-0.3, -0.25) is 4.79 Å². The summed E-state index contributed by atoms with van der Waals surface area (Å²) in [6, 6.07) is 9.14. The molecule has 1 unspecified atom stereocenters. The first-order chi connectivity index (χ1) is 8.19. The topological polar surface area (TPSA) is 61.4 Å². The zero-order chi connectivity index (χ0) is 12.7. The molecule has 1 aromatic carbocycles. The third-order valence-electron chi connectivity index (χ3n) is 2.66. The van der Waals surface area contributed by atoms with E-state index < -0.39 is 0 Å². The van der Waals surface area contributed by atoms with Gasteiger partial charge in [0.15, 0.2) is 0 Å². The quantitative estimate of drug-likeness (QED) is 0.681. The predicted octanol–water partition coefficient (Wildman–Crippen LogP) is 0.692. The van der Waals surface area contributed by atoms with Gasteiger partial charge in [-0.15, -0.1) is 0 Å². The van der Waals surface area contributed by atoms with E-state index in [2.05, 4.69) is 10.6 Å². The smallest absolute Gasteiger partial charge is 0.224 e. The van der Waals surface area contributed by atoms with Gasteiger partial charge in [0.05, 0.1) is 12.6 Å². The molecule has 0 aromatic heterocycles. The summed E-state index contributed by atoms with van der Waals surface area (Å²) in [6.45, 7) is 2.38. The third kappa shape index (κ3) is 4.17. The van der Waals surface area contributed by atoms with Crippen molar-refractivity contribution < 1.29 is 9.90 Å². The fraction of sp³-hybridized carbons (Fsp3) is 0.462. The number of carbonyl (C=O) groups is 1. The average Bonchev–Trinajstić information content (AvgIpc) is 2.37. The van der Waals surface area contributed by atoms with E-state index in [0.717, 1.165) is 5.56 Å². The van der Waals surface area contributed by atoms with Crippen molar-refractivity contribution in [2.45, 2.75) is 13.0 Å². The number of hydrogen-bond acceptors (Lipinski definition) is 3. The molecule has 0 aliphatic carbocycles. The molecule has 4 nitrogen and oxygen atoms in total. The number of benzene rings is 1. The van der Waals surface area contributed by atoms with Crippen molar-refractivity contribution in [3.8, 4) is 0 Å². The fourth-order valence-electron chi connectivity index (χ4n) is 1.63. The summed E-state index contributed by atoms with van der Waals surface area (Å²) >= 11 is 0. The Balaban J connectivity index is 2.62. The van der Waals surface area contributed by atoms with Gasteiger partial charge in [-0.1, -0.05) is 37.3 Å². The number of nitrogens with one attached hydrogen (secondary N) is 2. The summed E-state index contributed by atoms with van der Waals surface area (Å²) in [5.41, 5.74) is 0.917. The zero-order valence-electron chi connectivity index (χ0n) is 10.3. The minimum absolute atomic E-state index is 0.0535. The van der Waals surface area contributed by atoms with E-state index in [0.29, 0.717) is 6.54 Å². The van der Waals surface area contributed by atoms with Crippen LogP contribution in [0.25, 0.3) is 0 Å². The van der Waals surface area contributed by atoms with Crippen LogP contribution >= 0.6 is 0 Å². The molecule has 0 heterocycles. The van der Waals surface area contributed by atoms with Crippen molar-refractivity contribution in [3.05, 3.63) is 35.9 Å². The van der Waals surface area contributed by atoms with Gasteiger partial charge < -0.3 is 15.7 Å². The molecule has 17 heavy (non-hydrogen) atoms. The van der Waals surface area contributed by atoms with Crippen LogP contribution in [0.1, 0.15) is 18.5 Å². The van der Waals surface area contributed by atoms with Gasteiger partial charge in [-0.25, -0.2) is 0 Å². The van der Waals surface area contributed by atoms with Gasteiger partial charge in [0, 0.05) is 12.5 Å². The molecule has 0 fully saturated rings. The number of hydrogen-bond donors (Lipinski definition) is 3. The van der Waals surface area contributed by atoms with Crippen LogP contribution in [-0.2, 0) is 4.79 Å².